The van der Waals surface area contributed by atoms with Crippen LogP contribution in [-0.4, -0.2) is 52.2 Å². The van der Waals surface area contributed by atoms with Gasteiger partial charge in [0.05, 0.1) is 6.04 Å². The molecule has 10 heteroatoms. The molecule has 5 N–H and O–H groups in total. The second-order valence-electron chi connectivity index (χ2n) is 13.1. The third-order valence-corrected chi connectivity index (χ3v) is 9.84. The Morgan fingerprint density at radius 3 is 2.31 bits per heavy atom. The van der Waals surface area contributed by atoms with Gasteiger partial charge in [-0.25, -0.2) is 9.59 Å². The number of alkyl carbamates (subject to hydrolysis) is 1. The number of carboxylic acids is 1. The lowest BCUT2D eigenvalue weighted by atomic mass is 9.55. The number of ether oxygens (including phenoxy) is 1. The van der Waals surface area contributed by atoms with Crippen molar-refractivity contribution in [2.75, 3.05) is 6.54 Å². The first kappa shape index (κ1) is 30.4. The number of aromatic amines is 1. The number of nitrogens with one attached hydrogen (secondary N) is 4. The zero-order valence-corrected chi connectivity index (χ0v) is 25.3. The number of carbonyl (C=O) groups excluding carboxylic acids is 3. The average Bonchev–Trinajstić information content (AvgIpc) is 3.42. The van der Waals surface area contributed by atoms with Crippen molar-refractivity contribution < 1.29 is 29.0 Å². The summed E-state index contributed by atoms with van der Waals surface area (Å²) >= 11 is 0. The maximum absolute atomic E-state index is 14.0. The molecule has 2 aromatic carbocycles. The van der Waals surface area contributed by atoms with Crippen LogP contribution in [0.1, 0.15) is 56.2 Å². The molecular formula is C35H40N4O6. The Bertz CT molecular complexity index is 1570. The van der Waals surface area contributed by atoms with Gasteiger partial charge in [-0.1, -0.05) is 48.5 Å². The molecular weight excluding hydrogens is 572 g/mol. The van der Waals surface area contributed by atoms with E-state index >= 15 is 0 Å². The minimum Gasteiger partial charge on any atom is -0.478 e. The van der Waals surface area contributed by atoms with Crippen molar-refractivity contribution in [3.05, 3.63) is 84.1 Å². The zero-order valence-electron chi connectivity index (χ0n) is 25.3. The predicted octanol–water partition coefficient (Wildman–Crippen LogP) is 4.63. The lowest BCUT2D eigenvalue weighted by Gasteiger charge is -2.53. The van der Waals surface area contributed by atoms with Gasteiger partial charge in [0.1, 0.15) is 11.6 Å². The van der Waals surface area contributed by atoms with Crippen molar-refractivity contribution in [1.29, 1.82) is 0 Å². The Morgan fingerprint density at radius 1 is 0.956 bits per heavy atom. The molecule has 3 amide bonds. The van der Waals surface area contributed by atoms with Crippen LogP contribution in [0.4, 0.5) is 4.79 Å². The minimum atomic E-state index is -1.39. The fourth-order valence-corrected chi connectivity index (χ4v) is 7.98. The predicted molar refractivity (Wildman–Crippen MR) is 168 cm³/mol. The fourth-order valence-electron chi connectivity index (χ4n) is 7.98. The number of aromatic nitrogens is 1. The highest BCUT2D eigenvalue weighted by molar-refractivity contribution is 5.94. The maximum Gasteiger partial charge on any atom is 0.408 e. The Hall–Kier alpha value is -4.60. The van der Waals surface area contributed by atoms with Gasteiger partial charge in [0, 0.05) is 42.2 Å². The number of benzene rings is 2. The standard InChI is InChI=1S/C35H40N4O6/c1-35(18-26-19-36-28-10-6-5-9-27(26)28,39-34(44)45-32-24-14-21-13-22(16-24)17-25(32)15-21)33(43)37-20-29(23-7-3-2-4-8-23)38-30(40)11-12-31(41)42/h2-12,19,21-22,24-25,29,32,36H,13-18,20H2,1H3,(H,37,43)(H,38,40)(H,39,44)(H,41,42)/b12-11+. The third-order valence-electron chi connectivity index (χ3n) is 9.84. The van der Waals surface area contributed by atoms with Gasteiger partial charge in [0.15, 0.2) is 0 Å². The molecule has 2 atom stereocenters. The number of hydrogen-bond acceptors (Lipinski definition) is 5. The number of H-pyrrole nitrogens is 1. The number of carboxylic acid groups (broad SMARTS) is 1. The van der Waals surface area contributed by atoms with E-state index < -0.39 is 35.5 Å². The quantitative estimate of drug-likeness (QED) is 0.199. The second kappa shape index (κ2) is 12.8. The Balaban J connectivity index is 1.20. The molecule has 4 saturated carbocycles. The van der Waals surface area contributed by atoms with Crippen LogP contribution in [0, 0.1) is 23.7 Å². The molecule has 4 fully saturated rings. The van der Waals surface area contributed by atoms with Crippen molar-refractivity contribution in [3.63, 3.8) is 0 Å². The van der Waals surface area contributed by atoms with E-state index in [1.54, 1.807) is 6.92 Å². The van der Waals surface area contributed by atoms with Crippen LogP contribution in [0.2, 0.25) is 0 Å². The van der Waals surface area contributed by atoms with Gasteiger partial charge in [0.2, 0.25) is 11.8 Å². The summed E-state index contributed by atoms with van der Waals surface area (Å²) in [4.78, 5) is 54.2. The fraction of sp³-hybridized carbons (Fsp3) is 0.429. The summed E-state index contributed by atoms with van der Waals surface area (Å²) in [7, 11) is 0. The summed E-state index contributed by atoms with van der Waals surface area (Å²) in [6.45, 7) is 1.69. The van der Waals surface area contributed by atoms with E-state index in [0.29, 0.717) is 11.8 Å². The van der Waals surface area contributed by atoms with E-state index in [1.807, 2.05) is 60.8 Å². The molecule has 0 radical (unpaired) electrons. The first-order valence-electron chi connectivity index (χ1n) is 15.8. The van der Waals surface area contributed by atoms with Gasteiger partial charge >= 0.3 is 12.1 Å². The average molecular weight is 613 g/mol. The number of fused-ring (bicyclic) bond motifs is 1. The molecule has 1 heterocycles. The van der Waals surface area contributed by atoms with Crippen molar-refractivity contribution in [3.8, 4) is 0 Å². The molecule has 0 aliphatic heterocycles. The molecule has 236 valence electrons. The minimum absolute atomic E-state index is 0.00521. The molecule has 10 nitrogen and oxygen atoms in total. The number of para-hydroxylation sites is 1. The monoisotopic (exact) mass is 612 g/mol. The molecule has 2 unspecified atom stereocenters. The molecule has 7 rings (SSSR count). The summed E-state index contributed by atoms with van der Waals surface area (Å²) in [6.07, 6.45) is 8.72. The molecule has 4 bridgehead atoms. The first-order chi connectivity index (χ1) is 21.7. The molecule has 4 aliphatic rings. The van der Waals surface area contributed by atoms with E-state index in [-0.39, 0.29) is 19.1 Å². The smallest absolute Gasteiger partial charge is 0.408 e. The highest BCUT2D eigenvalue weighted by atomic mass is 16.6. The maximum atomic E-state index is 14.0. The zero-order chi connectivity index (χ0) is 31.6. The number of rotatable bonds is 11. The highest BCUT2D eigenvalue weighted by Gasteiger charge is 2.50. The number of carbonyl (C=O) groups is 4. The third kappa shape index (κ3) is 6.90. The summed E-state index contributed by atoms with van der Waals surface area (Å²) in [6, 6.07) is 16.2. The summed E-state index contributed by atoms with van der Waals surface area (Å²) in [5.41, 5.74) is 1.13. The SMILES string of the molecule is CC(Cc1c[nH]c2ccccc12)(NC(=O)OC1C2CC3CC(C2)CC1C3)C(=O)NCC(NC(=O)/C=C/C(=O)O)c1ccccc1. The summed E-state index contributed by atoms with van der Waals surface area (Å²) in [5, 5.41) is 18.5. The molecule has 0 spiro atoms. The van der Waals surface area contributed by atoms with Crippen LogP contribution in [0.15, 0.2) is 72.9 Å². The highest BCUT2D eigenvalue weighted by Crippen LogP contribution is 2.54. The first-order valence-corrected chi connectivity index (χ1v) is 15.8. The van der Waals surface area contributed by atoms with Crippen LogP contribution in [-0.2, 0) is 25.5 Å². The van der Waals surface area contributed by atoms with E-state index in [9.17, 15) is 19.2 Å². The number of amides is 3. The normalized spacial score (nSPS) is 25.4. The summed E-state index contributed by atoms with van der Waals surface area (Å²) in [5.74, 6) is -0.0471. The number of hydrogen-bond donors (Lipinski definition) is 5. The number of aliphatic carboxylic acids is 1. The summed E-state index contributed by atoms with van der Waals surface area (Å²) < 4.78 is 6.12. The van der Waals surface area contributed by atoms with E-state index in [0.717, 1.165) is 71.7 Å². The van der Waals surface area contributed by atoms with Crippen molar-refractivity contribution >= 4 is 34.8 Å². The van der Waals surface area contributed by atoms with E-state index in [1.165, 1.54) is 6.42 Å². The van der Waals surface area contributed by atoms with Gasteiger partial charge in [-0.05, 0) is 79.9 Å². The van der Waals surface area contributed by atoms with Crippen molar-refractivity contribution in [2.24, 2.45) is 23.7 Å². The molecule has 3 aromatic rings. The largest absolute Gasteiger partial charge is 0.478 e. The Labute approximate surface area is 262 Å². The molecule has 45 heavy (non-hydrogen) atoms. The van der Waals surface area contributed by atoms with Crippen LogP contribution in [0.5, 0.6) is 0 Å². The van der Waals surface area contributed by atoms with Crippen molar-refractivity contribution in [1.82, 2.24) is 20.9 Å². The van der Waals surface area contributed by atoms with Crippen molar-refractivity contribution in [2.45, 2.75) is 63.1 Å². The topological polar surface area (TPSA) is 150 Å². The van der Waals surface area contributed by atoms with Gasteiger partial charge in [-0.15, -0.1) is 0 Å². The Morgan fingerprint density at radius 2 is 1.62 bits per heavy atom. The van der Waals surface area contributed by atoms with Crippen LogP contribution < -0.4 is 16.0 Å². The molecule has 1 aromatic heterocycles. The van der Waals surface area contributed by atoms with Gasteiger partial charge in [-0.3, -0.25) is 9.59 Å². The van der Waals surface area contributed by atoms with Crippen LogP contribution >= 0.6 is 0 Å². The lowest BCUT2D eigenvalue weighted by molar-refractivity contribution is -0.131. The Kier molecular flexibility index (Phi) is 8.65. The van der Waals surface area contributed by atoms with Gasteiger partial charge < -0.3 is 30.8 Å². The second-order valence-corrected chi connectivity index (χ2v) is 13.1. The van der Waals surface area contributed by atoms with E-state index in [2.05, 4.69) is 20.9 Å². The van der Waals surface area contributed by atoms with Gasteiger partial charge in [-0.2, -0.15) is 0 Å². The van der Waals surface area contributed by atoms with Gasteiger partial charge in [0.25, 0.3) is 0 Å². The van der Waals surface area contributed by atoms with Crippen LogP contribution in [0.25, 0.3) is 10.9 Å². The lowest BCUT2D eigenvalue weighted by Crippen LogP contribution is -2.60. The molecule has 4 aliphatic carbocycles. The van der Waals surface area contributed by atoms with Crippen LogP contribution in [0.3, 0.4) is 0 Å². The molecule has 0 saturated heterocycles. The van der Waals surface area contributed by atoms with E-state index in [4.69, 9.17) is 9.84 Å².